The van der Waals surface area contributed by atoms with Gasteiger partial charge in [0, 0.05) is 37.9 Å². The number of amides is 1. The van der Waals surface area contributed by atoms with Gasteiger partial charge in [-0.05, 0) is 18.9 Å². The maximum atomic E-state index is 12.7. The topological polar surface area (TPSA) is 92.7 Å². The summed E-state index contributed by atoms with van der Waals surface area (Å²) in [7, 11) is 0. The fourth-order valence-corrected chi connectivity index (χ4v) is 3.48. The molecular weight excluding hydrogens is 342 g/mol. The van der Waals surface area contributed by atoms with Gasteiger partial charge in [-0.15, -0.1) is 0 Å². The van der Waals surface area contributed by atoms with E-state index in [2.05, 4.69) is 20.0 Å². The van der Waals surface area contributed by atoms with Gasteiger partial charge in [-0.2, -0.15) is 14.6 Å². The number of hydrogen-bond acceptors (Lipinski definition) is 6. The monoisotopic (exact) mass is 365 g/mol. The Morgan fingerprint density at radius 1 is 1.19 bits per heavy atom. The second-order valence-corrected chi connectivity index (χ2v) is 6.84. The lowest BCUT2D eigenvalue weighted by Crippen LogP contribution is -2.54. The molecule has 0 bridgehead atoms. The second kappa shape index (κ2) is 7.32. The van der Waals surface area contributed by atoms with Crippen molar-refractivity contribution in [2.75, 3.05) is 31.1 Å². The smallest absolute Gasteiger partial charge is 0.254 e. The zero-order valence-corrected chi connectivity index (χ0v) is 15.3. The zero-order valence-electron chi connectivity index (χ0n) is 15.3. The lowest BCUT2D eigenvalue weighted by atomic mass is 10.1. The highest BCUT2D eigenvalue weighted by Gasteiger charge is 2.26. The lowest BCUT2D eigenvalue weighted by molar-refractivity contribution is -0.132. The summed E-state index contributed by atoms with van der Waals surface area (Å²) in [5, 5.41) is 4.27. The fourth-order valence-electron chi connectivity index (χ4n) is 3.48. The van der Waals surface area contributed by atoms with Gasteiger partial charge in [0.15, 0.2) is 0 Å². The lowest BCUT2D eigenvalue weighted by Gasteiger charge is -2.37. The molecule has 3 aromatic rings. The SMILES string of the molecule is Cc1cc(N2CCN(C(=O)C(N)Cc3ccccc3)CC2)n2ncnc2n1. The van der Waals surface area contributed by atoms with Crippen molar-refractivity contribution >= 4 is 17.5 Å². The maximum Gasteiger partial charge on any atom is 0.254 e. The number of aromatic nitrogens is 4. The average Bonchev–Trinajstić information content (AvgIpc) is 3.16. The van der Waals surface area contributed by atoms with Gasteiger partial charge in [0.2, 0.25) is 5.91 Å². The molecule has 140 valence electrons. The van der Waals surface area contributed by atoms with Gasteiger partial charge in [-0.25, -0.2) is 4.98 Å². The molecule has 4 rings (SSSR count). The highest BCUT2D eigenvalue weighted by Crippen LogP contribution is 2.18. The predicted octanol–water partition coefficient (Wildman–Crippen LogP) is 0.651. The first-order valence-corrected chi connectivity index (χ1v) is 9.12. The molecule has 1 saturated heterocycles. The number of benzene rings is 1. The van der Waals surface area contributed by atoms with E-state index in [1.807, 2.05) is 48.2 Å². The molecular formula is C19H23N7O. The Kier molecular flexibility index (Phi) is 4.72. The van der Waals surface area contributed by atoms with Crippen LogP contribution < -0.4 is 10.6 Å². The summed E-state index contributed by atoms with van der Waals surface area (Å²) in [6, 6.07) is 11.4. The number of nitrogens with zero attached hydrogens (tertiary/aromatic N) is 6. The van der Waals surface area contributed by atoms with Crippen molar-refractivity contribution in [3.05, 3.63) is 54.0 Å². The van der Waals surface area contributed by atoms with Crippen LogP contribution in [0.2, 0.25) is 0 Å². The number of fused-ring (bicyclic) bond motifs is 1. The van der Waals surface area contributed by atoms with Gasteiger partial charge in [0.1, 0.15) is 12.1 Å². The number of anilines is 1. The summed E-state index contributed by atoms with van der Waals surface area (Å²) in [5.41, 5.74) is 8.15. The average molecular weight is 365 g/mol. The Labute approximate surface area is 157 Å². The van der Waals surface area contributed by atoms with Crippen LogP contribution in [0.25, 0.3) is 5.78 Å². The van der Waals surface area contributed by atoms with Gasteiger partial charge in [-0.3, -0.25) is 4.79 Å². The van der Waals surface area contributed by atoms with Crippen molar-refractivity contribution in [3.8, 4) is 0 Å². The van der Waals surface area contributed by atoms with E-state index in [1.165, 1.54) is 6.33 Å². The molecule has 8 heteroatoms. The normalized spacial score (nSPS) is 15.9. The first kappa shape index (κ1) is 17.4. The van der Waals surface area contributed by atoms with E-state index in [0.717, 1.165) is 30.2 Å². The highest BCUT2D eigenvalue weighted by atomic mass is 16.2. The van der Waals surface area contributed by atoms with Crippen molar-refractivity contribution in [2.24, 2.45) is 5.73 Å². The first-order chi connectivity index (χ1) is 13.1. The van der Waals surface area contributed by atoms with Crippen LogP contribution in [0.4, 0.5) is 5.82 Å². The van der Waals surface area contributed by atoms with Crippen molar-refractivity contribution in [1.29, 1.82) is 0 Å². The molecule has 2 aromatic heterocycles. The fraction of sp³-hybridized carbons (Fsp3) is 0.368. The van der Waals surface area contributed by atoms with Crippen LogP contribution in [-0.4, -0.2) is 62.6 Å². The third kappa shape index (κ3) is 3.61. The summed E-state index contributed by atoms with van der Waals surface area (Å²) in [6.07, 6.45) is 2.07. The van der Waals surface area contributed by atoms with Gasteiger partial charge in [0.25, 0.3) is 5.78 Å². The molecule has 8 nitrogen and oxygen atoms in total. The molecule has 1 atom stereocenters. The Hall–Kier alpha value is -3.00. The van der Waals surface area contributed by atoms with Crippen molar-refractivity contribution in [3.63, 3.8) is 0 Å². The van der Waals surface area contributed by atoms with Crippen LogP contribution in [-0.2, 0) is 11.2 Å². The minimum Gasteiger partial charge on any atom is -0.353 e. The maximum absolute atomic E-state index is 12.7. The van der Waals surface area contributed by atoms with E-state index in [-0.39, 0.29) is 5.91 Å². The second-order valence-electron chi connectivity index (χ2n) is 6.84. The van der Waals surface area contributed by atoms with Crippen LogP contribution in [0, 0.1) is 6.92 Å². The van der Waals surface area contributed by atoms with Crippen molar-refractivity contribution < 1.29 is 4.79 Å². The molecule has 1 aliphatic heterocycles. The Bertz CT molecular complexity index is 932. The molecule has 0 aliphatic carbocycles. The molecule has 1 fully saturated rings. The third-order valence-electron chi connectivity index (χ3n) is 4.89. The molecule has 0 radical (unpaired) electrons. The van der Waals surface area contributed by atoms with Gasteiger partial charge < -0.3 is 15.5 Å². The highest BCUT2D eigenvalue weighted by molar-refractivity contribution is 5.82. The van der Waals surface area contributed by atoms with Crippen LogP contribution in [0.3, 0.4) is 0 Å². The van der Waals surface area contributed by atoms with Gasteiger partial charge in [-0.1, -0.05) is 30.3 Å². The zero-order chi connectivity index (χ0) is 18.8. The Balaban J connectivity index is 1.41. The van der Waals surface area contributed by atoms with Crippen molar-refractivity contribution in [1.82, 2.24) is 24.5 Å². The minimum atomic E-state index is -0.510. The molecule has 1 aromatic carbocycles. The van der Waals surface area contributed by atoms with Crippen LogP contribution in [0.15, 0.2) is 42.7 Å². The van der Waals surface area contributed by atoms with Crippen LogP contribution >= 0.6 is 0 Å². The quantitative estimate of drug-likeness (QED) is 0.730. The number of aryl methyl sites for hydroxylation is 1. The number of piperazine rings is 1. The third-order valence-corrected chi connectivity index (χ3v) is 4.89. The summed E-state index contributed by atoms with van der Waals surface area (Å²) >= 11 is 0. The van der Waals surface area contributed by atoms with E-state index in [9.17, 15) is 4.79 Å². The summed E-state index contributed by atoms with van der Waals surface area (Å²) in [6.45, 7) is 4.67. The molecule has 1 unspecified atom stereocenters. The van der Waals surface area contributed by atoms with Gasteiger partial charge >= 0.3 is 0 Å². The van der Waals surface area contributed by atoms with E-state index in [4.69, 9.17) is 5.73 Å². The Morgan fingerprint density at radius 3 is 2.67 bits per heavy atom. The number of carbonyl (C=O) groups is 1. The number of hydrogen-bond donors (Lipinski definition) is 1. The molecule has 0 spiro atoms. The molecule has 1 aliphatic rings. The molecule has 2 N–H and O–H groups in total. The first-order valence-electron chi connectivity index (χ1n) is 9.12. The number of carbonyl (C=O) groups excluding carboxylic acids is 1. The molecule has 3 heterocycles. The summed E-state index contributed by atoms with van der Waals surface area (Å²) in [5.74, 6) is 1.55. The van der Waals surface area contributed by atoms with Crippen LogP contribution in [0.5, 0.6) is 0 Å². The van der Waals surface area contributed by atoms with E-state index < -0.39 is 6.04 Å². The minimum absolute atomic E-state index is 0.00955. The predicted molar refractivity (Wildman–Crippen MR) is 102 cm³/mol. The largest absolute Gasteiger partial charge is 0.353 e. The van der Waals surface area contributed by atoms with E-state index >= 15 is 0 Å². The molecule has 0 saturated carbocycles. The van der Waals surface area contributed by atoms with E-state index in [1.54, 1.807) is 4.52 Å². The number of nitrogens with two attached hydrogens (primary N) is 1. The van der Waals surface area contributed by atoms with E-state index in [0.29, 0.717) is 25.3 Å². The standard InChI is InChI=1S/C19H23N7O/c1-14-11-17(26-19(23-14)21-13-22-26)24-7-9-25(10-8-24)18(27)16(20)12-15-5-3-2-4-6-15/h2-6,11,13,16H,7-10,12,20H2,1H3. The molecule has 27 heavy (non-hydrogen) atoms. The molecule has 1 amide bonds. The van der Waals surface area contributed by atoms with Crippen molar-refractivity contribution in [2.45, 2.75) is 19.4 Å². The number of rotatable bonds is 4. The van der Waals surface area contributed by atoms with Crippen LogP contribution in [0.1, 0.15) is 11.3 Å². The summed E-state index contributed by atoms with van der Waals surface area (Å²) < 4.78 is 1.74. The van der Waals surface area contributed by atoms with Gasteiger partial charge in [0.05, 0.1) is 6.04 Å². The Morgan fingerprint density at radius 2 is 1.93 bits per heavy atom. The summed E-state index contributed by atoms with van der Waals surface area (Å²) in [4.78, 5) is 25.3.